The number of carbonyl (C=O) groups is 3. The normalized spacial score (nSPS) is 17.0. The van der Waals surface area contributed by atoms with E-state index in [1.165, 1.54) is 19.2 Å². The first-order chi connectivity index (χ1) is 12.5. The number of para-hydroxylation sites is 1. The number of ether oxygens (including phenoxy) is 2. The lowest BCUT2D eigenvalue weighted by Crippen LogP contribution is -2.21. The topological polar surface area (TPSA) is 85.3 Å². The van der Waals surface area contributed by atoms with Crippen molar-refractivity contribution in [3.63, 3.8) is 0 Å². The molecule has 0 bridgehead atoms. The maximum atomic E-state index is 12.9. The van der Waals surface area contributed by atoms with E-state index < -0.39 is 11.9 Å². The number of methoxy groups -OCH3 is 2. The van der Waals surface area contributed by atoms with Crippen LogP contribution in [0.3, 0.4) is 0 Å². The molecule has 0 aromatic heterocycles. The van der Waals surface area contributed by atoms with Crippen LogP contribution in [0.15, 0.2) is 55.1 Å². The molecule has 0 unspecified atom stereocenters. The highest BCUT2D eigenvalue weighted by Crippen LogP contribution is 2.52. The molecule has 1 aromatic rings. The van der Waals surface area contributed by atoms with E-state index in [0.717, 1.165) is 23.5 Å². The van der Waals surface area contributed by atoms with Gasteiger partial charge in [-0.05, 0) is 19.1 Å². The van der Waals surface area contributed by atoms with Crippen molar-refractivity contribution in [2.75, 3.05) is 19.2 Å². The zero-order valence-corrected chi connectivity index (χ0v) is 15.8. The van der Waals surface area contributed by atoms with Gasteiger partial charge in [-0.1, -0.05) is 41.7 Å². The van der Waals surface area contributed by atoms with Crippen LogP contribution in [0.2, 0.25) is 0 Å². The van der Waals surface area contributed by atoms with Gasteiger partial charge in [0.2, 0.25) is 0 Å². The summed E-state index contributed by atoms with van der Waals surface area (Å²) < 4.78 is 9.95. The average Bonchev–Trinajstić information content (AvgIpc) is 3.22. The van der Waals surface area contributed by atoms with Crippen molar-refractivity contribution >= 4 is 52.8 Å². The van der Waals surface area contributed by atoms with Crippen LogP contribution in [-0.4, -0.2) is 37.8 Å². The number of esters is 2. The quantitative estimate of drug-likeness (QED) is 0.579. The highest BCUT2D eigenvalue weighted by atomic mass is 32.2. The van der Waals surface area contributed by atoms with Gasteiger partial charge < -0.3 is 9.47 Å². The van der Waals surface area contributed by atoms with E-state index in [4.69, 9.17) is 9.47 Å². The number of hydrazone groups is 1. The number of nitrogens with zero attached hydrogens (tertiary/aromatic N) is 2. The van der Waals surface area contributed by atoms with Gasteiger partial charge in [-0.2, -0.15) is 10.1 Å². The van der Waals surface area contributed by atoms with Crippen molar-refractivity contribution in [1.29, 1.82) is 0 Å². The monoisotopic (exact) mass is 390 g/mol. The fourth-order valence-electron chi connectivity index (χ4n) is 2.34. The van der Waals surface area contributed by atoms with E-state index in [1.54, 1.807) is 19.1 Å². The Kier molecular flexibility index (Phi) is 5.19. The summed E-state index contributed by atoms with van der Waals surface area (Å²) in [6.45, 7) is 1.71. The Morgan fingerprint density at radius 1 is 1.00 bits per heavy atom. The maximum absolute atomic E-state index is 12.9. The number of amides is 1. The van der Waals surface area contributed by atoms with Gasteiger partial charge in [0.1, 0.15) is 9.81 Å². The lowest BCUT2D eigenvalue weighted by molar-refractivity contribution is -0.138. The average molecular weight is 390 g/mol. The van der Waals surface area contributed by atoms with E-state index in [0.29, 0.717) is 21.2 Å². The van der Waals surface area contributed by atoms with Crippen molar-refractivity contribution in [3.05, 3.63) is 50.0 Å². The van der Waals surface area contributed by atoms with Crippen LogP contribution in [-0.2, 0) is 23.9 Å². The molecule has 0 radical (unpaired) electrons. The van der Waals surface area contributed by atoms with E-state index >= 15 is 0 Å². The summed E-state index contributed by atoms with van der Waals surface area (Å²) in [6, 6.07) is 9.01. The van der Waals surface area contributed by atoms with Gasteiger partial charge in [-0.15, -0.1) is 0 Å². The summed E-state index contributed by atoms with van der Waals surface area (Å²) in [4.78, 5) is 37.0. The minimum atomic E-state index is -0.654. The number of benzene rings is 1. The molecule has 3 rings (SSSR count). The Balaban J connectivity index is 1.98. The fourth-order valence-corrected chi connectivity index (χ4v) is 4.99. The molecular weight excluding hydrogens is 376 g/mol. The van der Waals surface area contributed by atoms with Crippen molar-refractivity contribution in [1.82, 2.24) is 0 Å². The third kappa shape index (κ3) is 3.15. The van der Waals surface area contributed by atoms with Crippen LogP contribution in [0.4, 0.5) is 5.69 Å². The molecule has 2 aliphatic rings. The molecule has 2 heterocycles. The SMILES string of the molecule is COC(=O)C1=C(C(=O)OC)SC(=C2C(=O)N(c3ccccc3)N=C2C)S1. The molecule has 9 heteroatoms. The third-order valence-electron chi connectivity index (χ3n) is 3.56. The third-order valence-corrected chi connectivity index (χ3v) is 6.12. The molecule has 0 N–H and O–H groups in total. The van der Waals surface area contributed by atoms with E-state index in [1.807, 2.05) is 18.2 Å². The molecular formula is C17H14N2O5S2. The molecule has 0 saturated heterocycles. The highest BCUT2D eigenvalue weighted by Gasteiger charge is 2.39. The van der Waals surface area contributed by atoms with Gasteiger partial charge in [0.15, 0.2) is 0 Å². The Hall–Kier alpha value is -2.52. The lowest BCUT2D eigenvalue weighted by Gasteiger charge is -2.11. The number of carbonyl (C=O) groups excluding carboxylic acids is 3. The maximum Gasteiger partial charge on any atom is 0.346 e. The summed E-state index contributed by atoms with van der Waals surface area (Å²) in [5, 5.41) is 5.61. The van der Waals surface area contributed by atoms with Gasteiger partial charge in [0.05, 0.1) is 35.4 Å². The van der Waals surface area contributed by atoms with Crippen LogP contribution >= 0.6 is 23.5 Å². The standard InChI is InChI=1S/C17H14N2O5S2/c1-9-11(14(20)19(18-9)10-7-5-4-6-8-10)17-25-12(15(21)23-2)13(26-17)16(22)24-3/h4-8H,1-3H3. The zero-order valence-electron chi connectivity index (χ0n) is 14.1. The molecule has 0 atom stereocenters. The number of hydrogen-bond acceptors (Lipinski definition) is 8. The second-order valence-electron chi connectivity index (χ2n) is 5.15. The first-order valence-electron chi connectivity index (χ1n) is 7.44. The van der Waals surface area contributed by atoms with Crippen molar-refractivity contribution in [2.24, 2.45) is 5.10 Å². The smallest absolute Gasteiger partial charge is 0.346 e. The van der Waals surface area contributed by atoms with Crippen LogP contribution in [0.1, 0.15) is 6.92 Å². The number of thioether (sulfide) groups is 2. The lowest BCUT2D eigenvalue weighted by atomic mass is 10.2. The molecule has 0 fully saturated rings. The molecule has 26 heavy (non-hydrogen) atoms. The number of anilines is 1. The van der Waals surface area contributed by atoms with Gasteiger partial charge in [-0.25, -0.2) is 9.59 Å². The van der Waals surface area contributed by atoms with Crippen molar-refractivity contribution in [3.8, 4) is 0 Å². The first-order valence-corrected chi connectivity index (χ1v) is 9.07. The van der Waals surface area contributed by atoms with E-state index in [-0.39, 0.29) is 15.7 Å². The minimum Gasteiger partial charge on any atom is -0.465 e. The van der Waals surface area contributed by atoms with Gasteiger partial charge >= 0.3 is 11.9 Å². The molecule has 0 saturated carbocycles. The molecule has 2 aliphatic heterocycles. The number of rotatable bonds is 3. The van der Waals surface area contributed by atoms with Crippen molar-refractivity contribution < 1.29 is 23.9 Å². The molecule has 1 amide bonds. The highest BCUT2D eigenvalue weighted by molar-refractivity contribution is 8.29. The second kappa shape index (κ2) is 7.38. The summed E-state index contributed by atoms with van der Waals surface area (Å²) in [5.74, 6) is -1.63. The largest absolute Gasteiger partial charge is 0.465 e. The Labute approximate surface area is 158 Å². The van der Waals surface area contributed by atoms with Crippen LogP contribution in [0.25, 0.3) is 0 Å². The summed E-state index contributed by atoms with van der Waals surface area (Å²) in [7, 11) is 2.45. The Bertz CT molecular complexity index is 860. The molecule has 7 nitrogen and oxygen atoms in total. The van der Waals surface area contributed by atoms with Crippen LogP contribution in [0, 0.1) is 0 Å². The molecule has 134 valence electrons. The van der Waals surface area contributed by atoms with E-state index in [9.17, 15) is 14.4 Å². The summed E-state index contributed by atoms with van der Waals surface area (Å²) in [5.41, 5.74) is 1.49. The number of hydrogen-bond donors (Lipinski definition) is 0. The molecule has 1 aromatic carbocycles. The van der Waals surface area contributed by atoms with Crippen LogP contribution < -0.4 is 5.01 Å². The van der Waals surface area contributed by atoms with E-state index in [2.05, 4.69) is 5.10 Å². The van der Waals surface area contributed by atoms with Gasteiger partial charge in [-0.3, -0.25) is 4.79 Å². The fraction of sp³-hybridized carbons (Fsp3) is 0.176. The van der Waals surface area contributed by atoms with Gasteiger partial charge in [0.25, 0.3) is 5.91 Å². The Morgan fingerprint density at radius 2 is 1.54 bits per heavy atom. The second-order valence-corrected chi connectivity index (χ2v) is 7.45. The zero-order chi connectivity index (χ0) is 18.8. The Morgan fingerprint density at radius 3 is 2.04 bits per heavy atom. The predicted molar refractivity (Wildman–Crippen MR) is 100 cm³/mol. The summed E-state index contributed by atoms with van der Waals surface area (Å²) in [6.07, 6.45) is 0. The van der Waals surface area contributed by atoms with Gasteiger partial charge in [0, 0.05) is 0 Å². The first kappa shape index (κ1) is 18.3. The summed E-state index contributed by atoms with van der Waals surface area (Å²) >= 11 is 2.03. The molecule has 0 aliphatic carbocycles. The van der Waals surface area contributed by atoms with Crippen molar-refractivity contribution in [2.45, 2.75) is 6.92 Å². The minimum absolute atomic E-state index is 0.102. The van der Waals surface area contributed by atoms with Crippen LogP contribution in [0.5, 0.6) is 0 Å². The predicted octanol–water partition coefficient (Wildman–Crippen LogP) is 2.66. The molecule has 0 spiro atoms.